The third-order valence-electron chi connectivity index (χ3n) is 2.09. The fourth-order valence-corrected chi connectivity index (χ4v) is 1.21. The van der Waals surface area contributed by atoms with Gasteiger partial charge in [-0.25, -0.2) is 4.98 Å². The molecular weight excluding hydrogens is 188 g/mol. The minimum atomic E-state index is -0.0139. The Kier molecular flexibility index (Phi) is 2.26. The van der Waals surface area contributed by atoms with E-state index in [9.17, 15) is 0 Å². The molecule has 0 unspecified atom stereocenters. The van der Waals surface area contributed by atoms with Gasteiger partial charge >= 0.3 is 0 Å². The number of aromatic nitrogens is 4. The van der Waals surface area contributed by atoms with Gasteiger partial charge in [0.25, 0.3) is 0 Å². The molecule has 2 heterocycles. The molecule has 78 valence electrons. The van der Waals surface area contributed by atoms with E-state index in [1.54, 1.807) is 6.20 Å². The normalized spacial score (nSPS) is 11.7. The number of hydrogen-bond acceptors (Lipinski definition) is 3. The van der Waals surface area contributed by atoms with Crippen LogP contribution in [0.4, 0.5) is 0 Å². The minimum absolute atomic E-state index is 0.0139. The highest BCUT2D eigenvalue weighted by atomic mass is 15.2. The summed E-state index contributed by atoms with van der Waals surface area (Å²) in [5.74, 6) is 1.53. The summed E-state index contributed by atoms with van der Waals surface area (Å²) in [6.45, 7) is 6.28. The van der Waals surface area contributed by atoms with Crippen molar-refractivity contribution in [3.8, 4) is 11.5 Å². The Morgan fingerprint density at radius 2 is 2.00 bits per heavy atom. The fraction of sp³-hybridized carbons (Fsp3) is 0.364. The molecule has 0 atom stereocenters. The van der Waals surface area contributed by atoms with E-state index in [4.69, 9.17) is 0 Å². The zero-order chi connectivity index (χ0) is 10.9. The predicted octanol–water partition coefficient (Wildman–Crippen LogP) is 2.16. The largest absolute Gasteiger partial charge is 0.262 e. The van der Waals surface area contributed by atoms with E-state index in [2.05, 4.69) is 40.9 Å². The van der Waals surface area contributed by atoms with Crippen LogP contribution in [0.5, 0.6) is 0 Å². The molecule has 0 radical (unpaired) electrons. The molecule has 2 aromatic heterocycles. The number of nitrogens with one attached hydrogen (secondary N) is 1. The molecule has 2 rings (SSSR count). The molecule has 1 N–H and O–H groups in total. The van der Waals surface area contributed by atoms with Gasteiger partial charge in [-0.15, -0.1) is 0 Å². The van der Waals surface area contributed by atoms with Crippen LogP contribution in [-0.4, -0.2) is 20.2 Å². The van der Waals surface area contributed by atoms with Crippen molar-refractivity contribution >= 4 is 0 Å². The molecule has 0 fully saturated rings. The van der Waals surface area contributed by atoms with Crippen molar-refractivity contribution in [2.24, 2.45) is 0 Å². The van der Waals surface area contributed by atoms with Crippen molar-refractivity contribution in [2.45, 2.75) is 26.2 Å². The van der Waals surface area contributed by atoms with E-state index >= 15 is 0 Å². The summed E-state index contributed by atoms with van der Waals surface area (Å²) in [5.41, 5.74) is 0.782. The van der Waals surface area contributed by atoms with E-state index in [0.717, 1.165) is 11.5 Å². The van der Waals surface area contributed by atoms with Crippen molar-refractivity contribution in [3.63, 3.8) is 0 Å². The van der Waals surface area contributed by atoms with Gasteiger partial charge in [-0.3, -0.25) is 10.1 Å². The molecule has 0 saturated heterocycles. The molecule has 15 heavy (non-hydrogen) atoms. The quantitative estimate of drug-likeness (QED) is 0.771. The van der Waals surface area contributed by atoms with Crippen LogP contribution in [0.3, 0.4) is 0 Å². The van der Waals surface area contributed by atoms with Crippen LogP contribution in [0.25, 0.3) is 11.5 Å². The Hall–Kier alpha value is -1.71. The van der Waals surface area contributed by atoms with Gasteiger partial charge in [0.15, 0.2) is 5.82 Å². The summed E-state index contributed by atoms with van der Waals surface area (Å²) in [4.78, 5) is 8.62. The molecule has 0 aliphatic carbocycles. The molecule has 0 spiro atoms. The first kappa shape index (κ1) is 9.83. The van der Waals surface area contributed by atoms with Gasteiger partial charge in [-0.1, -0.05) is 26.8 Å². The zero-order valence-corrected chi connectivity index (χ0v) is 9.15. The maximum atomic E-state index is 4.42. The van der Waals surface area contributed by atoms with E-state index in [0.29, 0.717) is 5.82 Å². The summed E-state index contributed by atoms with van der Waals surface area (Å²) in [6.07, 6.45) is 1.74. The Bertz CT molecular complexity index is 439. The summed E-state index contributed by atoms with van der Waals surface area (Å²) < 4.78 is 0. The number of hydrogen-bond donors (Lipinski definition) is 1. The molecule has 2 aromatic rings. The lowest BCUT2D eigenvalue weighted by Crippen LogP contribution is -2.13. The van der Waals surface area contributed by atoms with Crippen molar-refractivity contribution in [3.05, 3.63) is 30.2 Å². The van der Waals surface area contributed by atoms with Crippen LogP contribution in [-0.2, 0) is 5.41 Å². The van der Waals surface area contributed by atoms with Crippen molar-refractivity contribution < 1.29 is 0 Å². The number of nitrogens with zero attached hydrogens (tertiary/aromatic N) is 3. The lowest BCUT2D eigenvalue weighted by atomic mass is 9.96. The molecule has 4 heteroatoms. The molecule has 4 nitrogen and oxygen atoms in total. The van der Waals surface area contributed by atoms with E-state index in [-0.39, 0.29) is 5.41 Å². The van der Waals surface area contributed by atoms with Crippen LogP contribution < -0.4 is 0 Å². The molecule has 0 aromatic carbocycles. The molecular formula is C11H14N4. The number of H-pyrrole nitrogens is 1. The van der Waals surface area contributed by atoms with E-state index in [1.165, 1.54) is 0 Å². The van der Waals surface area contributed by atoms with Crippen molar-refractivity contribution in [2.75, 3.05) is 0 Å². The van der Waals surface area contributed by atoms with Crippen LogP contribution in [0.1, 0.15) is 26.6 Å². The number of pyridine rings is 1. The average molecular weight is 202 g/mol. The molecule has 0 aliphatic rings. The van der Waals surface area contributed by atoms with Gasteiger partial charge in [0.1, 0.15) is 11.5 Å². The number of rotatable bonds is 1. The highest BCUT2D eigenvalue weighted by Crippen LogP contribution is 2.20. The third-order valence-corrected chi connectivity index (χ3v) is 2.09. The van der Waals surface area contributed by atoms with Gasteiger partial charge in [0, 0.05) is 11.6 Å². The maximum absolute atomic E-state index is 4.42. The van der Waals surface area contributed by atoms with Gasteiger partial charge in [0.2, 0.25) is 0 Å². The van der Waals surface area contributed by atoms with Crippen molar-refractivity contribution in [1.29, 1.82) is 0 Å². The predicted molar refractivity (Wildman–Crippen MR) is 58.3 cm³/mol. The average Bonchev–Trinajstić information content (AvgIpc) is 2.67. The fourth-order valence-electron chi connectivity index (χ4n) is 1.21. The lowest BCUT2D eigenvalue weighted by molar-refractivity contribution is 0.548. The smallest absolute Gasteiger partial charge is 0.199 e. The monoisotopic (exact) mass is 202 g/mol. The molecule has 0 aliphatic heterocycles. The second-order valence-electron chi connectivity index (χ2n) is 4.47. The SMILES string of the molecule is CC(C)(C)c1nc(-c2ccccn2)n[nH]1. The minimum Gasteiger partial charge on any atom is -0.262 e. The standard InChI is InChI=1S/C11H14N4/c1-11(2,3)10-13-9(14-15-10)8-6-4-5-7-12-8/h4-7H,1-3H3,(H,13,14,15). The van der Waals surface area contributed by atoms with E-state index < -0.39 is 0 Å². The summed E-state index contributed by atoms with van der Waals surface area (Å²) in [6, 6.07) is 5.70. The Morgan fingerprint density at radius 1 is 1.20 bits per heavy atom. The maximum Gasteiger partial charge on any atom is 0.199 e. The first-order chi connectivity index (χ1) is 7.07. The van der Waals surface area contributed by atoms with Gasteiger partial charge in [-0.05, 0) is 12.1 Å². The molecule has 0 amide bonds. The Morgan fingerprint density at radius 3 is 2.53 bits per heavy atom. The molecule has 0 saturated carbocycles. The van der Waals surface area contributed by atoms with Crippen LogP contribution in [0.2, 0.25) is 0 Å². The topological polar surface area (TPSA) is 54.5 Å². The highest BCUT2D eigenvalue weighted by Gasteiger charge is 2.19. The molecule has 0 bridgehead atoms. The Labute approximate surface area is 88.8 Å². The zero-order valence-electron chi connectivity index (χ0n) is 9.15. The Balaban J connectivity index is 2.37. The summed E-state index contributed by atoms with van der Waals surface area (Å²) in [7, 11) is 0. The van der Waals surface area contributed by atoms with Gasteiger partial charge in [0.05, 0.1) is 0 Å². The van der Waals surface area contributed by atoms with Crippen molar-refractivity contribution in [1.82, 2.24) is 20.2 Å². The third kappa shape index (κ3) is 2.03. The first-order valence-electron chi connectivity index (χ1n) is 4.91. The second-order valence-corrected chi connectivity index (χ2v) is 4.47. The van der Waals surface area contributed by atoms with E-state index in [1.807, 2.05) is 18.2 Å². The van der Waals surface area contributed by atoms with Gasteiger partial charge in [-0.2, -0.15) is 5.10 Å². The van der Waals surface area contributed by atoms with Crippen LogP contribution in [0, 0.1) is 0 Å². The van der Waals surface area contributed by atoms with Crippen LogP contribution >= 0.6 is 0 Å². The second kappa shape index (κ2) is 3.46. The number of aromatic amines is 1. The van der Waals surface area contributed by atoms with Gasteiger partial charge < -0.3 is 0 Å². The summed E-state index contributed by atoms with van der Waals surface area (Å²) >= 11 is 0. The first-order valence-corrected chi connectivity index (χ1v) is 4.91. The van der Waals surface area contributed by atoms with Crippen LogP contribution in [0.15, 0.2) is 24.4 Å². The highest BCUT2D eigenvalue weighted by molar-refractivity contribution is 5.47. The lowest BCUT2D eigenvalue weighted by Gasteiger charge is -2.12. The summed E-state index contributed by atoms with van der Waals surface area (Å²) in [5, 5.41) is 7.10.